The van der Waals surface area contributed by atoms with Gasteiger partial charge in [-0.1, -0.05) is 69.0 Å². The van der Waals surface area contributed by atoms with Crippen LogP contribution in [0.4, 0.5) is 5.69 Å². The lowest BCUT2D eigenvalue weighted by atomic mass is 9.94. The highest BCUT2D eigenvalue weighted by Gasteiger charge is 2.22. The van der Waals surface area contributed by atoms with Gasteiger partial charge in [0, 0.05) is 25.2 Å². The van der Waals surface area contributed by atoms with Crippen molar-refractivity contribution in [3.05, 3.63) is 77.6 Å². The molecule has 0 aliphatic carbocycles. The number of aryl methyl sites for hydroxylation is 1. The first-order chi connectivity index (χ1) is 18.1. The standard InChI is InChI=1S/C32H37N3O2/c1-3-4-15-30-33-27-18-16-25(34-20-11-6-5-7-12-21-34)22-29(27)35(30)28-19-17-26(24-13-9-8-10-14-24)31(23(28)2)32(36)37/h8-10,13-14,16-19,22H,3-7,11-12,15,20-21H2,1-2H3,(H,36,37). The number of carbonyl (C=O) groups is 1. The van der Waals surface area contributed by atoms with Crippen LogP contribution in [0.2, 0.25) is 0 Å². The number of anilines is 1. The molecule has 0 atom stereocenters. The molecule has 5 heteroatoms. The van der Waals surface area contributed by atoms with Gasteiger partial charge >= 0.3 is 5.97 Å². The Balaban J connectivity index is 1.68. The van der Waals surface area contributed by atoms with Gasteiger partial charge in [0.2, 0.25) is 0 Å². The number of aromatic carboxylic acids is 1. The fourth-order valence-corrected chi connectivity index (χ4v) is 5.66. The van der Waals surface area contributed by atoms with Crippen molar-refractivity contribution < 1.29 is 9.90 Å². The van der Waals surface area contributed by atoms with Crippen LogP contribution >= 0.6 is 0 Å². The van der Waals surface area contributed by atoms with Crippen LogP contribution in [0.5, 0.6) is 0 Å². The van der Waals surface area contributed by atoms with Crippen molar-refractivity contribution in [3.8, 4) is 16.8 Å². The van der Waals surface area contributed by atoms with E-state index in [4.69, 9.17) is 4.98 Å². The fraction of sp³-hybridized carbons (Fsp3) is 0.375. The average Bonchev–Trinajstić information content (AvgIpc) is 3.24. The Labute approximate surface area is 219 Å². The summed E-state index contributed by atoms with van der Waals surface area (Å²) in [6.45, 7) is 6.28. The second kappa shape index (κ2) is 11.2. The molecule has 1 fully saturated rings. The lowest BCUT2D eigenvalue weighted by Crippen LogP contribution is -2.26. The van der Waals surface area contributed by atoms with Gasteiger partial charge < -0.3 is 10.0 Å². The van der Waals surface area contributed by atoms with Gasteiger partial charge in [0.25, 0.3) is 0 Å². The molecule has 192 valence electrons. The average molecular weight is 496 g/mol. The van der Waals surface area contributed by atoms with Gasteiger partial charge in [0.05, 0.1) is 22.3 Å². The Morgan fingerprint density at radius 3 is 2.38 bits per heavy atom. The molecule has 0 amide bonds. The molecule has 2 heterocycles. The summed E-state index contributed by atoms with van der Waals surface area (Å²) in [7, 11) is 0. The van der Waals surface area contributed by atoms with Crippen molar-refractivity contribution in [2.24, 2.45) is 0 Å². The van der Waals surface area contributed by atoms with Crippen LogP contribution in [0.15, 0.2) is 60.7 Å². The van der Waals surface area contributed by atoms with Crippen molar-refractivity contribution >= 4 is 22.7 Å². The molecule has 0 unspecified atom stereocenters. The van der Waals surface area contributed by atoms with Gasteiger partial charge in [-0.25, -0.2) is 9.78 Å². The van der Waals surface area contributed by atoms with Gasteiger partial charge in [0.15, 0.2) is 0 Å². The molecular formula is C32H37N3O2. The number of nitrogens with zero attached hydrogens (tertiary/aromatic N) is 3. The molecule has 37 heavy (non-hydrogen) atoms. The maximum Gasteiger partial charge on any atom is 0.336 e. The third-order valence-corrected chi connectivity index (χ3v) is 7.66. The minimum Gasteiger partial charge on any atom is -0.478 e. The normalized spacial score (nSPS) is 14.5. The molecule has 1 saturated heterocycles. The zero-order valence-electron chi connectivity index (χ0n) is 22.0. The monoisotopic (exact) mass is 495 g/mol. The molecule has 3 aromatic carbocycles. The first-order valence-electron chi connectivity index (χ1n) is 13.8. The van der Waals surface area contributed by atoms with E-state index in [2.05, 4.69) is 40.7 Å². The molecule has 1 aliphatic rings. The number of aromatic nitrogens is 2. The predicted octanol–water partition coefficient (Wildman–Crippen LogP) is 7.81. The predicted molar refractivity (Wildman–Crippen MR) is 152 cm³/mol. The van der Waals surface area contributed by atoms with Gasteiger partial charge in [-0.05, 0) is 67.1 Å². The zero-order chi connectivity index (χ0) is 25.8. The summed E-state index contributed by atoms with van der Waals surface area (Å²) in [4.78, 5) is 20.1. The summed E-state index contributed by atoms with van der Waals surface area (Å²) in [6.07, 6.45) is 9.34. The van der Waals surface area contributed by atoms with Crippen molar-refractivity contribution in [1.29, 1.82) is 0 Å². The van der Waals surface area contributed by atoms with Crippen LogP contribution in [0.25, 0.3) is 27.8 Å². The lowest BCUT2D eigenvalue weighted by molar-refractivity contribution is 0.0697. The van der Waals surface area contributed by atoms with E-state index >= 15 is 0 Å². The Bertz CT molecular complexity index is 1380. The van der Waals surface area contributed by atoms with Gasteiger partial charge in [-0.3, -0.25) is 4.57 Å². The Kier molecular flexibility index (Phi) is 7.59. The third-order valence-electron chi connectivity index (χ3n) is 7.66. The maximum absolute atomic E-state index is 12.5. The maximum atomic E-state index is 12.5. The van der Waals surface area contributed by atoms with Gasteiger partial charge in [-0.15, -0.1) is 0 Å². The highest BCUT2D eigenvalue weighted by atomic mass is 16.4. The molecule has 0 radical (unpaired) electrons. The summed E-state index contributed by atoms with van der Waals surface area (Å²) in [5.74, 6) is 0.0904. The number of benzene rings is 3. The summed E-state index contributed by atoms with van der Waals surface area (Å²) in [5, 5.41) is 10.3. The smallest absolute Gasteiger partial charge is 0.336 e. The summed E-state index contributed by atoms with van der Waals surface area (Å²) in [5.41, 5.74) is 6.92. The fourth-order valence-electron chi connectivity index (χ4n) is 5.66. The summed E-state index contributed by atoms with van der Waals surface area (Å²) >= 11 is 0. The van der Waals surface area contributed by atoms with Crippen molar-refractivity contribution in [2.45, 2.75) is 65.2 Å². The third kappa shape index (κ3) is 5.13. The van der Waals surface area contributed by atoms with E-state index in [1.807, 2.05) is 43.3 Å². The number of hydrogen-bond donors (Lipinski definition) is 1. The molecule has 1 aromatic heterocycles. The van der Waals surface area contributed by atoms with E-state index in [9.17, 15) is 9.90 Å². The molecule has 0 saturated carbocycles. The highest BCUT2D eigenvalue weighted by molar-refractivity contribution is 5.99. The number of carboxylic acid groups (broad SMARTS) is 1. The second-order valence-electron chi connectivity index (χ2n) is 10.2. The van der Waals surface area contributed by atoms with Crippen LogP contribution < -0.4 is 4.90 Å². The number of unbranched alkanes of at least 4 members (excludes halogenated alkanes) is 1. The number of hydrogen-bond acceptors (Lipinski definition) is 3. The molecule has 5 nitrogen and oxygen atoms in total. The molecule has 1 N–H and O–H groups in total. The van der Waals surface area contributed by atoms with E-state index in [1.165, 1.54) is 37.8 Å². The number of rotatable bonds is 7. The minimum absolute atomic E-state index is 0.354. The van der Waals surface area contributed by atoms with Crippen molar-refractivity contribution in [3.63, 3.8) is 0 Å². The molecular weight excluding hydrogens is 458 g/mol. The highest BCUT2D eigenvalue weighted by Crippen LogP contribution is 2.34. The van der Waals surface area contributed by atoms with Crippen LogP contribution in [-0.2, 0) is 6.42 Å². The van der Waals surface area contributed by atoms with E-state index in [0.717, 1.165) is 71.6 Å². The molecule has 4 aromatic rings. The van der Waals surface area contributed by atoms with Crippen LogP contribution in [0, 0.1) is 6.92 Å². The van der Waals surface area contributed by atoms with Crippen molar-refractivity contribution in [1.82, 2.24) is 9.55 Å². The van der Waals surface area contributed by atoms with Crippen LogP contribution in [0.1, 0.15) is 73.6 Å². The Morgan fingerprint density at radius 1 is 0.946 bits per heavy atom. The summed E-state index contributed by atoms with van der Waals surface area (Å²) < 4.78 is 2.22. The molecule has 0 bridgehead atoms. The van der Waals surface area contributed by atoms with E-state index in [1.54, 1.807) is 0 Å². The number of carboxylic acids is 1. The largest absolute Gasteiger partial charge is 0.478 e. The quantitative estimate of drug-likeness (QED) is 0.284. The van der Waals surface area contributed by atoms with Gasteiger partial charge in [0.1, 0.15) is 5.82 Å². The minimum atomic E-state index is -0.904. The topological polar surface area (TPSA) is 58.4 Å². The van der Waals surface area contributed by atoms with E-state index in [-0.39, 0.29) is 0 Å². The first-order valence-corrected chi connectivity index (χ1v) is 13.8. The number of imidazole rings is 1. The SMILES string of the molecule is CCCCc1nc2ccc(N3CCCCCCC3)cc2n1-c1ccc(-c2ccccc2)c(C(=O)O)c1C. The molecule has 0 spiro atoms. The van der Waals surface area contributed by atoms with E-state index in [0.29, 0.717) is 5.56 Å². The number of fused-ring (bicyclic) bond motifs is 1. The Morgan fingerprint density at radius 2 is 1.68 bits per heavy atom. The zero-order valence-corrected chi connectivity index (χ0v) is 22.0. The molecule has 1 aliphatic heterocycles. The lowest BCUT2D eigenvalue weighted by Gasteiger charge is -2.27. The first kappa shape index (κ1) is 25.1. The van der Waals surface area contributed by atoms with Gasteiger partial charge in [-0.2, -0.15) is 0 Å². The van der Waals surface area contributed by atoms with Crippen LogP contribution in [-0.4, -0.2) is 33.7 Å². The van der Waals surface area contributed by atoms with E-state index < -0.39 is 5.97 Å². The molecule has 5 rings (SSSR count). The van der Waals surface area contributed by atoms with Crippen molar-refractivity contribution in [2.75, 3.05) is 18.0 Å². The summed E-state index contributed by atoms with van der Waals surface area (Å²) in [6, 6.07) is 20.4. The second-order valence-corrected chi connectivity index (χ2v) is 10.2. The van der Waals surface area contributed by atoms with Crippen LogP contribution in [0.3, 0.4) is 0 Å². The Hall–Kier alpha value is -3.60.